The Hall–Kier alpha value is -1.55. The molecule has 1 aliphatic heterocycles. The first-order valence-electron chi connectivity index (χ1n) is 7.32. The van der Waals surface area contributed by atoms with Crippen LogP contribution in [-0.4, -0.2) is 41.7 Å². The topological polar surface area (TPSA) is 49.8 Å². The molecule has 1 amide bonds. The standard InChI is InChI=1S/C16H23NO3/c1-3-9-20-14-6-4-5-13(10-14)16(19)17-8-7-12(2)15(18)11-17/h4-6,10,12,15,18H,3,7-9,11H2,1-2H3. The molecule has 1 saturated heterocycles. The quantitative estimate of drug-likeness (QED) is 0.919. The first-order valence-corrected chi connectivity index (χ1v) is 7.32. The van der Waals surface area contributed by atoms with Gasteiger partial charge >= 0.3 is 0 Å². The molecule has 0 bridgehead atoms. The second-order valence-electron chi connectivity index (χ2n) is 5.46. The molecule has 0 spiro atoms. The Morgan fingerprint density at radius 2 is 2.30 bits per heavy atom. The lowest BCUT2D eigenvalue weighted by Gasteiger charge is -2.34. The summed E-state index contributed by atoms with van der Waals surface area (Å²) in [6.45, 7) is 5.84. The molecule has 0 aliphatic carbocycles. The third kappa shape index (κ3) is 3.51. The van der Waals surface area contributed by atoms with Crippen molar-refractivity contribution in [3.63, 3.8) is 0 Å². The Kier molecular flexibility index (Phi) is 5.01. The molecule has 1 fully saturated rings. The summed E-state index contributed by atoms with van der Waals surface area (Å²) in [5, 5.41) is 9.90. The van der Waals surface area contributed by atoms with Gasteiger partial charge < -0.3 is 14.7 Å². The molecule has 0 radical (unpaired) electrons. The van der Waals surface area contributed by atoms with E-state index in [0.29, 0.717) is 25.3 Å². The van der Waals surface area contributed by atoms with E-state index in [2.05, 4.69) is 0 Å². The zero-order valence-electron chi connectivity index (χ0n) is 12.2. The van der Waals surface area contributed by atoms with Crippen molar-refractivity contribution in [3.8, 4) is 5.75 Å². The third-order valence-electron chi connectivity index (χ3n) is 3.76. The average Bonchev–Trinajstić information content (AvgIpc) is 2.47. The molecule has 2 rings (SSSR count). The molecule has 110 valence electrons. The van der Waals surface area contributed by atoms with Gasteiger partial charge in [-0.2, -0.15) is 0 Å². The lowest BCUT2D eigenvalue weighted by Crippen LogP contribution is -2.45. The molecule has 0 saturated carbocycles. The van der Waals surface area contributed by atoms with Crippen LogP contribution in [0.1, 0.15) is 37.0 Å². The third-order valence-corrected chi connectivity index (χ3v) is 3.76. The molecule has 1 aromatic rings. The Morgan fingerprint density at radius 1 is 1.50 bits per heavy atom. The number of aliphatic hydroxyl groups is 1. The maximum absolute atomic E-state index is 12.4. The molecule has 20 heavy (non-hydrogen) atoms. The number of hydrogen-bond acceptors (Lipinski definition) is 3. The van der Waals surface area contributed by atoms with Crippen LogP contribution in [0.2, 0.25) is 0 Å². The highest BCUT2D eigenvalue weighted by atomic mass is 16.5. The summed E-state index contributed by atoms with van der Waals surface area (Å²) >= 11 is 0. The number of piperidine rings is 1. The molecule has 2 atom stereocenters. The summed E-state index contributed by atoms with van der Waals surface area (Å²) in [5.74, 6) is 0.958. The number of benzene rings is 1. The molecular weight excluding hydrogens is 254 g/mol. The lowest BCUT2D eigenvalue weighted by molar-refractivity contribution is 0.0248. The van der Waals surface area contributed by atoms with Crippen LogP contribution >= 0.6 is 0 Å². The van der Waals surface area contributed by atoms with Crippen molar-refractivity contribution < 1.29 is 14.6 Å². The van der Waals surface area contributed by atoms with E-state index in [-0.39, 0.29) is 11.8 Å². The molecule has 4 nitrogen and oxygen atoms in total. The van der Waals surface area contributed by atoms with Gasteiger partial charge in [-0.15, -0.1) is 0 Å². The van der Waals surface area contributed by atoms with Gasteiger partial charge in [-0.25, -0.2) is 0 Å². The maximum atomic E-state index is 12.4. The van der Waals surface area contributed by atoms with E-state index in [1.807, 2.05) is 26.0 Å². The Labute approximate surface area is 120 Å². The Balaban J connectivity index is 2.05. The molecule has 2 unspecified atom stereocenters. The van der Waals surface area contributed by atoms with Gasteiger partial charge in [-0.3, -0.25) is 4.79 Å². The number of likely N-dealkylation sites (tertiary alicyclic amines) is 1. The first-order chi connectivity index (χ1) is 9.61. The van der Waals surface area contributed by atoms with Gasteiger partial charge in [0.2, 0.25) is 0 Å². The lowest BCUT2D eigenvalue weighted by atomic mass is 9.95. The van der Waals surface area contributed by atoms with E-state index in [1.54, 1.807) is 17.0 Å². The fourth-order valence-corrected chi connectivity index (χ4v) is 2.35. The SMILES string of the molecule is CCCOc1cccc(C(=O)N2CCC(C)C(O)C2)c1. The van der Waals surface area contributed by atoms with Gasteiger partial charge in [0, 0.05) is 18.7 Å². The van der Waals surface area contributed by atoms with Crippen LogP contribution in [0.25, 0.3) is 0 Å². The number of hydrogen-bond donors (Lipinski definition) is 1. The molecular formula is C16H23NO3. The first kappa shape index (κ1) is 14.9. The number of amides is 1. The summed E-state index contributed by atoms with van der Waals surface area (Å²) < 4.78 is 5.55. The summed E-state index contributed by atoms with van der Waals surface area (Å²) in [6, 6.07) is 7.27. The van der Waals surface area contributed by atoms with Crippen molar-refractivity contribution in [2.75, 3.05) is 19.7 Å². The minimum atomic E-state index is -0.424. The molecule has 1 aliphatic rings. The van der Waals surface area contributed by atoms with Gasteiger partial charge in [-0.05, 0) is 37.0 Å². The highest BCUT2D eigenvalue weighted by Crippen LogP contribution is 2.20. The molecule has 1 aromatic carbocycles. The predicted octanol–water partition coefficient (Wildman–Crippen LogP) is 2.32. The fraction of sp³-hybridized carbons (Fsp3) is 0.562. The van der Waals surface area contributed by atoms with E-state index in [0.717, 1.165) is 18.6 Å². The van der Waals surface area contributed by atoms with Gasteiger partial charge in [0.15, 0.2) is 0 Å². The van der Waals surface area contributed by atoms with E-state index < -0.39 is 6.10 Å². The van der Waals surface area contributed by atoms with E-state index in [4.69, 9.17) is 4.74 Å². The van der Waals surface area contributed by atoms with Crippen molar-refractivity contribution in [1.82, 2.24) is 4.90 Å². The van der Waals surface area contributed by atoms with Gasteiger partial charge in [0.25, 0.3) is 5.91 Å². The van der Waals surface area contributed by atoms with Crippen LogP contribution in [0.5, 0.6) is 5.75 Å². The van der Waals surface area contributed by atoms with Crippen LogP contribution in [0.3, 0.4) is 0 Å². The summed E-state index contributed by atoms with van der Waals surface area (Å²) in [7, 11) is 0. The van der Waals surface area contributed by atoms with Crippen LogP contribution in [0.4, 0.5) is 0 Å². The van der Waals surface area contributed by atoms with E-state index in [1.165, 1.54) is 0 Å². The van der Waals surface area contributed by atoms with Gasteiger partial charge in [-0.1, -0.05) is 19.9 Å². The van der Waals surface area contributed by atoms with Crippen molar-refractivity contribution in [1.29, 1.82) is 0 Å². The van der Waals surface area contributed by atoms with Crippen molar-refractivity contribution >= 4 is 5.91 Å². The van der Waals surface area contributed by atoms with Gasteiger partial charge in [0.1, 0.15) is 5.75 Å². The van der Waals surface area contributed by atoms with Crippen molar-refractivity contribution in [2.45, 2.75) is 32.8 Å². The van der Waals surface area contributed by atoms with Crippen LogP contribution in [-0.2, 0) is 0 Å². The Bertz CT molecular complexity index is 461. The van der Waals surface area contributed by atoms with Gasteiger partial charge in [0.05, 0.1) is 12.7 Å². The molecule has 1 heterocycles. The number of rotatable bonds is 4. The smallest absolute Gasteiger partial charge is 0.254 e. The maximum Gasteiger partial charge on any atom is 0.254 e. The number of nitrogens with zero attached hydrogens (tertiary/aromatic N) is 1. The minimum Gasteiger partial charge on any atom is -0.494 e. The number of ether oxygens (including phenoxy) is 1. The summed E-state index contributed by atoms with van der Waals surface area (Å²) in [5.41, 5.74) is 0.625. The van der Waals surface area contributed by atoms with Crippen LogP contribution < -0.4 is 4.74 Å². The number of carbonyl (C=O) groups excluding carboxylic acids is 1. The number of β-amino-alcohol motifs (C(OH)–C–C–N with tert-alkyl or cyclic N) is 1. The highest BCUT2D eigenvalue weighted by Gasteiger charge is 2.27. The zero-order chi connectivity index (χ0) is 14.5. The largest absolute Gasteiger partial charge is 0.494 e. The van der Waals surface area contributed by atoms with Crippen LogP contribution in [0, 0.1) is 5.92 Å². The summed E-state index contributed by atoms with van der Waals surface area (Å²) in [4.78, 5) is 14.2. The molecule has 4 heteroatoms. The van der Waals surface area contributed by atoms with E-state index >= 15 is 0 Å². The monoisotopic (exact) mass is 277 g/mol. The van der Waals surface area contributed by atoms with E-state index in [9.17, 15) is 9.90 Å². The average molecular weight is 277 g/mol. The Morgan fingerprint density at radius 3 is 3.00 bits per heavy atom. The predicted molar refractivity (Wildman–Crippen MR) is 77.9 cm³/mol. The number of aliphatic hydroxyl groups excluding tert-OH is 1. The fourth-order valence-electron chi connectivity index (χ4n) is 2.35. The van der Waals surface area contributed by atoms with Crippen molar-refractivity contribution in [3.05, 3.63) is 29.8 Å². The normalized spacial score (nSPS) is 22.6. The highest BCUT2D eigenvalue weighted by molar-refractivity contribution is 5.94. The number of carbonyl (C=O) groups is 1. The minimum absolute atomic E-state index is 0.0297. The van der Waals surface area contributed by atoms with Crippen molar-refractivity contribution in [2.24, 2.45) is 5.92 Å². The summed E-state index contributed by atoms with van der Waals surface area (Å²) in [6.07, 6.45) is 1.36. The second kappa shape index (κ2) is 6.75. The zero-order valence-corrected chi connectivity index (χ0v) is 12.2. The molecule has 1 N–H and O–H groups in total. The van der Waals surface area contributed by atoms with Crippen LogP contribution in [0.15, 0.2) is 24.3 Å². The molecule has 0 aromatic heterocycles. The second-order valence-corrected chi connectivity index (χ2v) is 5.46.